The number of rotatable bonds is 5. The second-order valence-corrected chi connectivity index (χ2v) is 5.25. The Morgan fingerprint density at radius 1 is 1.33 bits per heavy atom. The number of carbonyl (C=O) groups is 2. The first kappa shape index (κ1) is 13.3. The van der Waals surface area contributed by atoms with Crippen molar-refractivity contribution >= 4 is 11.8 Å². The molecule has 0 aromatic carbocycles. The van der Waals surface area contributed by atoms with Crippen molar-refractivity contribution in [2.75, 3.05) is 32.7 Å². The van der Waals surface area contributed by atoms with Gasteiger partial charge in [0.2, 0.25) is 11.8 Å². The molecule has 2 aliphatic heterocycles. The van der Waals surface area contributed by atoms with Crippen molar-refractivity contribution in [2.24, 2.45) is 5.92 Å². The molecule has 2 rings (SSSR count). The van der Waals surface area contributed by atoms with E-state index in [0.717, 1.165) is 19.5 Å². The van der Waals surface area contributed by atoms with E-state index in [0.29, 0.717) is 13.0 Å². The molecular weight excluding hydrogens is 230 g/mol. The lowest BCUT2D eigenvalue weighted by Crippen LogP contribution is -2.35. The van der Waals surface area contributed by atoms with E-state index in [4.69, 9.17) is 0 Å². The highest BCUT2D eigenvalue weighted by molar-refractivity contribution is 5.89. The van der Waals surface area contributed by atoms with Crippen molar-refractivity contribution in [3.8, 4) is 0 Å². The van der Waals surface area contributed by atoms with Gasteiger partial charge in [-0.25, -0.2) is 0 Å². The van der Waals surface area contributed by atoms with E-state index in [1.807, 2.05) is 0 Å². The highest BCUT2D eigenvalue weighted by atomic mass is 16.2. The molecule has 2 aliphatic rings. The number of amides is 2. The quantitative estimate of drug-likeness (QED) is 0.684. The summed E-state index contributed by atoms with van der Waals surface area (Å²) in [5, 5.41) is 5.61. The number of hydrogen-bond acceptors (Lipinski definition) is 3. The summed E-state index contributed by atoms with van der Waals surface area (Å²) in [5.74, 6) is -0.150. The molecular formula is C13H23N3O2. The molecule has 5 heteroatoms. The normalized spacial score (nSPS) is 24.9. The van der Waals surface area contributed by atoms with Crippen LogP contribution in [0.25, 0.3) is 0 Å². The zero-order chi connectivity index (χ0) is 12.8. The Balaban J connectivity index is 1.54. The lowest BCUT2D eigenvalue weighted by Gasteiger charge is -2.26. The van der Waals surface area contributed by atoms with Gasteiger partial charge in [0.25, 0.3) is 0 Å². The zero-order valence-corrected chi connectivity index (χ0v) is 10.9. The largest absolute Gasteiger partial charge is 0.356 e. The first-order chi connectivity index (χ1) is 8.75. The van der Waals surface area contributed by atoms with Crippen LogP contribution in [-0.2, 0) is 9.59 Å². The minimum Gasteiger partial charge on any atom is -0.356 e. The van der Waals surface area contributed by atoms with Gasteiger partial charge >= 0.3 is 0 Å². The predicted molar refractivity (Wildman–Crippen MR) is 69.0 cm³/mol. The Bertz CT molecular complexity index is 301. The summed E-state index contributed by atoms with van der Waals surface area (Å²) in [5.41, 5.74) is 0. The maximum atomic E-state index is 11.7. The summed E-state index contributed by atoms with van der Waals surface area (Å²) in [6, 6.07) is 0. The minimum atomic E-state index is -0.160. The molecule has 0 bridgehead atoms. The van der Waals surface area contributed by atoms with Crippen LogP contribution in [0.2, 0.25) is 0 Å². The molecule has 5 nitrogen and oxygen atoms in total. The Hall–Kier alpha value is -1.10. The topological polar surface area (TPSA) is 61.4 Å². The highest BCUT2D eigenvalue weighted by Gasteiger charge is 2.27. The number of hydrogen-bond donors (Lipinski definition) is 2. The molecule has 0 radical (unpaired) electrons. The van der Waals surface area contributed by atoms with Gasteiger partial charge in [-0.2, -0.15) is 0 Å². The first-order valence-electron chi connectivity index (χ1n) is 7.02. The van der Waals surface area contributed by atoms with Crippen molar-refractivity contribution in [1.29, 1.82) is 0 Å². The second kappa shape index (κ2) is 6.73. The number of piperidine rings is 1. The van der Waals surface area contributed by atoms with Crippen molar-refractivity contribution < 1.29 is 9.59 Å². The summed E-state index contributed by atoms with van der Waals surface area (Å²) in [4.78, 5) is 25.2. The monoisotopic (exact) mass is 253 g/mol. The Kier molecular flexibility index (Phi) is 4.99. The Morgan fingerprint density at radius 3 is 2.78 bits per heavy atom. The molecule has 2 heterocycles. The molecule has 0 spiro atoms. The molecule has 0 saturated carbocycles. The van der Waals surface area contributed by atoms with Crippen molar-refractivity contribution in [3.63, 3.8) is 0 Å². The Labute approximate surface area is 108 Å². The molecule has 18 heavy (non-hydrogen) atoms. The molecule has 2 N–H and O–H groups in total. The summed E-state index contributed by atoms with van der Waals surface area (Å²) in [7, 11) is 0. The van der Waals surface area contributed by atoms with Crippen LogP contribution < -0.4 is 10.6 Å². The maximum Gasteiger partial charge on any atom is 0.225 e. The molecule has 2 saturated heterocycles. The van der Waals surface area contributed by atoms with Crippen molar-refractivity contribution in [1.82, 2.24) is 15.5 Å². The van der Waals surface area contributed by atoms with Crippen LogP contribution >= 0.6 is 0 Å². The van der Waals surface area contributed by atoms with Crippen molar-refractivity contribution in [3.05, 3.63) is 0 Å². The predicted octanol–water partition coefficient (Wildman–Crippen LogP) is 0.115. The number of carbonyl (C=O) groups excluding carboxylic acids is 2. The number of nitrogens with zero attached hydrogens (tertiary/aromatic N) is 1. The average molecular weight is 253 g/mol. The van der Waals surface area contributed by atoms with E-state index in [2.05, 4.69) is 15.5 Å². The van der Waals surface area contributed by atoms with Crippen LogP contribution in [0.1, 0.15) is 32.1 Å². The molecule has 2 fully saturated rings. The van der Waals surface area contributed by atoms with Crippen LogP contribution in [0.5, 0.6) is 0 Å². The third kappa shape index (κ3) is 3.98. The van der Waals surface area contributed by atoms with Crippen LogP contribution in [0.15, 0.2) is 0 Å². The van der Waals surface area contributed by atoms with Gasteiger partial charge in [0.05, 0.1) is 5.92 Å². The van der Waals surface area contributed by atoms with Gasteiger partial charge in [0.1, 0.15) is 0 Å². The van der Waals surface area contributed by atoms with Gasteiger partial charge in [-0.1, -0.05) is 6.42 Å². The van der Waals surface area contributed by atoms with E-state index in [9.17, 15) is 9.59 Å². The first-order valence-corrected chi connectivity index (χ1v) is 7.02. The average Bonchev–Trinajstić information content (AvgIpc) is 2.82. The molecule has 1 atom stereocenters. The summed E-state index contributed by atoms with van der Waals surface area (Å²) in [6.45, 7) is 4.70. The third-order valence-electron chi connectivity index (χ3n) is 3.75. The Morgan fingerprint density at radius 2 is 2.11 bits per heavy atom. The lowest BCUT2D eigenvalue weighted by atomic mass is 10.1. The third-order valence-corrected chi connectivity index (χ3v) is 3.75. The summed E-state index contributed by atoms with van der Waals surface area (Å²) >= 11 is 0. The van der Waals surface area contributed by atoms with Gasteiger partial charge < -0.3 is 15.5 Å². The fraction of sp³-hybridized carbons (Fsp3) is 0.846. The van der Waals surface area contributed by atoms with Gasteiger partial charge in [-0.15, -0.1) is 0 Å². The van der Waals surface area contributed by atoms with Crippen LogP contribution in [0.3, 0.4) is 0 Å². The molecule has 102 valence electrons. The molecule has 1 unspecified atom stereocenters. The molecule has 0 aromatic rings. The van der Waals surface area contributed by atoms with Gasteiger partial charge in [-0.05, 0) is 38.9 Å². The molecule has 2 amide bonds. The maximum absolute atomic E-state index is 11.7. The van der Waals surface area contributed by atoms with E-state index < -0.39 is 0 Å². The highest BCUT2D eigenvalue weighted by Crippen LogP contribution is 2.09. The van der Waals surface area contributed by atoms with Crippen molar-refractivity contribution in [2.45, 2.75) is 32.1 Å². The fourth-order valence-electron chi connectivity index (χ4n) is 2.63. The standard InChI is InChI=1S/C13H23N3O2/c17-12-9-11(10-15-12)13(18)14-5-4-8-16-6-2-1-3-7-16/h11H,1-10H2,(H,14,18)(H,15,17). The number of nitrogens with one attached hydrogen (secondary N) is 2. The fourth-order valence-corrected chi connectivity index (χ4v) is 2.63. The smallest absolute Gasteiger partial charge is 0.225 e. The van der Waals surface area contributed by atoms with E-state index in [-0.39, 0.29) is 17.7 Å². The van der Waals surface area contributed by atoms with Gasteiger partial charge in [0, 0.05) is 19.5 Å². The summed E-state index contributed by atoms with van der Waals surface area (Å²) in [6.07, 6.45) is 5.32. The summed E-state index contributed by atoms with van der Waals surface area (Å²) < 4.78 is 0. The molecule has 0 aromatic heterocycles. The van der Waals surface area contributed by atoms with Crippen LogP contribution in [0, 0.1) is 5.92 Å². The zero-order valence-electron chi connectivity index (χ0n) is 10.9. The van der Waals surface area contributed by atoms with E-state index >= 15 is 0 Å². The van der Waals surface area contributed by atoms with Gasteiger partial charge in [0.15, 0.2) is 0 Å². The second-order valence-electron chi connectivity index (χ2n) is 5.25. The van der Waals surface area contributed by atoms with E-state index in [1.54, 1.807) is 0 Å². The SMILES string of the molecule is O=C1CC(C(=O)NCCCN2CCCCC2)CN1. The number of likely N-dealkylation sites (tertiary alicyclic amines) is 1. The molecule has 0 aliphatic carbocycles. The van der Waals surface area contributed by atoms with E-state index in [1.165, 1.54) is 32.4 Å². The minimum absolute atomic E-state index is 0.0107. The van der Waals surface area contributed by atoms with Crippen LogP contribution in [0.4, 0.5) is 0 Å². The van der Waals surface area contributed by atoms with Gasteiger partial charge in [-0.3, -0.25) is 9.59 Å². The lowest BCUT2D eigenvalue weighted by molar-refractivity contribution is -0.126. The van der Waals surface area contributed by atoms with Crippen LogP contribution in [-0.4, -0.2) is 49.4 Å².